The summed E-state index contributed by atoms with van der Waals surface area (Å²) in [5.74, 6) is -0.442. The van der Waals surface area contributed by atoms with Gasteiger partial charge in [0.2, 0.25) is 11.0 Å². The smallest absolute Gasteiger partial charge is 0.319 e. The molecule has 174 valence electrons. The van der Waals surface area contributed by atoms with Crippen LogP contribution in [0.5, 0.6) is 0 Å². The zero-order chi connectivity index (χ0) is 24.1. The molecule has 0 fully saturated rings. The molecule has 9 heteroatoms. The highest BCUT2D eigenvalue weighted by atomic mass is 35.5. The molecule has 0 aliphatic rings. The van der Waals surface area contributed by atoms with Gasteiger partial charge >= 0.3 is 6.03 Å². The lowest BCUT2D eigenvalue weighted by Crippen LogP contribution is -2.49. The third-order valence-electron chi connectivity index (χ3n) is 5.57. The Hall–Kier alpha value is -3.49. The number of fused-ring (bicyclic) bond motifs is 1. The molecule has 3 amide bonds. The van der Waals surface area contributed by atoms with Gasteiger partial charge in [0.1, 0.15) is 11.0 Å². The van der Waals surface area contributed by atoms with Crippen LogP contribution in [0.2, 0.25) is 5.02 Å². The summed E-state index contributed by atoms with van der Waals surface area (Å²) in [7, 11) is 0. The van der Waals surface area contributed by atoms with Crippen molar-refractivity contribution in [3.63, 3.8) is 0 Å². The van der Waals surface area contributed by atoms with Crippen molar-refractivity contribution in [3.05, 3.63) is 71.8 Å². The van der Waals surface area contributed by atoms with Crippen LogP contribution in [0.15, 0.2) is 66.7 Å². The van der Waals surface area contributed by atoms with Crippen molar-refractivity contribution in [3.8, 4) is 10.6 Å². The third kappa shape index (κ3) is 5.52. The SMILES string of the molecule is CCC(C)C(NC(=O)Nc1cccc2ccccc12)C(=O)Nc1nnc(-c2ccc(Cl)cc2)s1. The average Bonchev–Trinajstić information content (AvgIpc) is 3.31. The molecule has 2 atom stereocenters. The van der Waals surface area contributed by atoms with Gasteiger partial charge in [-0.1, -0.05) is 91.7 Å². The monoisotopic (exact) mass is 493 g/mol. The molecule has 4 aromatic rings. The number of halogens is 1. The third-order valence-corrected chi connectivity index (χ3v) is 6.71. The normalized spacial score (nSPS) is 12.7. The van der Waals surface area contributed by atoms with E-state index in [9.17, 15) is 9.59 Å². The number of aromatic nitrogens is 2. The standard InChI is InChI=1S/C25H24ClN5O2S/c1-3-15(2)21(28-24(33)27-20-10-6-8-16-7-4-5-9-19(16)20)22(32)29-25-31-30-23(34-25)17-11-13-18(26)14-12-17/h4-15,21H,3H2,1-2H3,(H2,27,28,33)(H,29,31,32). The van der Waals surface area contributed by atoms with Crippen molar-refractivity contribution in [1.82, 2.24) is 15.5 Å². The van der Waals surface area contributed by atoms with E-state index < -0.39 is 12.1 Å². The van der Waals surface area contributed by atoms with E-state index in [1.807, 2.05) is 68.4 Å². The summed E-state index contributed by atoms with van der Waals surface area (Å²) >= 11 is 7.20. The minimum absolute atomic E-state index is 0.0954. The van der Waals surface area contributed by atoms with Crippen molar-refractivity contribution in [2.24, 2.45) is 5.92 Å². The van der Waals surface area contributed by atoms with Gasteiger partial charge in [-0.3, -0.25) is 10.1 Å². The number of hydrogen-bond donors (Lipinski definition) is 3. The molecule has 2 unspecified atom stereocenters. The van der Waals surface area contributed by atoms with Crippen LogP contribution in [-0.2, 0) is 4.79 Å². The van der Waals surface area contributed by atoms with Gasteiger partial charge in [0.25, 0.3) is 0 Å². The highest BCUT2D eigenvalue weighted by molar-refractivity contribution is 7.18. The first-order valence-corrected chi connectivity index (χ1v) is 12.1. The number of carbonyl (C=O) groups is 2. The molecule has 3 aromatic carbocycles. The van der Waals surface area contributed by atoms with Crippen LogP contribution in [0.4, 0.5) is 15.6 Å². The van der Waals surface area contributed by atoms with Gasteiger partial charge in [-0.2, -0.15) is 0 Å². The van der Waals surface area contributed by atoms with Gasteiger partial charge < -0.3 is 10.6 Å². The van der Waals surface area contributed by atoms with E-state index in [4.69, 9.17) is 11.6 Å². The number of benzene rings is 3. The van der Waals surface area contributed by atoms with E-state index in [1.165, 1.54) is 11.3 Å². The molecular formula is C25H24ClN5O2S. The molecule has 34 heavy (non-hydrogen) atoms. The Morgan fingerprint density at radius 2 is 1.71 bits per heavy atom. The largest absolute Gasteiger partial charge is 0.326 e. The van der Waals surface area contributed by atoms with Gasteiger partial charge in [0.05, 0.1) is 5.69 Å². The average molecular weight is 494 g/mol. The zero-order valence-electron chi connectivity index (χ0n) is 18.7. The van der Waals surface area contributed by atoms with Crippen LogP contribution in [0.25, 0.3) is 21.3 Å². The van der Waals surface area contributed by atoms with Gasteiger partial charge in [-0.25, -0.2) is 4.79 Å². The number of urea groups is 1. The van der Waals surface area contributed by atoms with E-state index in [-0.39, 0.29) is 11.8 Å². The maximum atomic E-state index is 13.1. The predicted molar refractivity (Wildman–Crippen MR) is 138 cm³/mol. The van der Waals surface area contributed by atoms with E-state index in [1.54, 1.807) is 12.1 Å². The number of hydrogen-bond acceptors (Lipinski definition) is 5. The molecular weight excluding hydrogens is 470 g/mol. The minimum Gasteiger partial charge on any atom is -0.326 e. The van der Waals surface area contributed by atoms with Crippen LogP contribution in [-0.4, -0.2) is 28.2 Å². The first-order valence-electron chi connectivity index (χ1n) is 10.9. The summed E-state index contributed by atoms with van der Waals surface area (Å²) in [4.78, 5) is 25.9. The fourth-order valence-electron chi connectivity index (χ4n) is 3.50. The number of carbonyl (C=O) groups excluding carboxylic acids is 2. The molecule has 0 spiro atoms. The van der Waals surface area contributed by atoms with Crippen molar-refractivity contribution in [2.75, 3.05) is 10.6 Å². The van der Waals surface area contributed by atoms with Crippen LogP contribution in [0.1, 0.15) is 20.3 Å². The second-order valence-electron chi connectivity index (χ2n) is 7.90. The second-order valence-corrected chi connectivity index (χ2v) is 9.31. The van der Waals surface area contributed by atoms with E-state index in [0.29, 0.717) is 27.3 Å². The van der Waals surface area contributed by atoms with Crippen molar-refractivity contribution in [2.45, 2.75) is 26.3 Å². The molecule has 0 bridgehead atoms. The Bertz CT molecular complexity index is 1300. The number of nitrogens with zero attached hydrogens (tertiary/aromatic N) is 2. The Kier molecular flexibility index (Phi) is 7.40. The fourth-order valence-corrected chi connectivity index (χ4v) is 4.38. The van der Waals surface area contributed by atoms with Crippen molar-refractivity contribution < 1.29 is 9.59 Å². The first kappa shape index (κ1) is 23.7. The van der Waals surface area contributed by atoms with Gasteiger partial charge in [0.15, 0.2) is 0 Å². The summed E-state index contributed by atoms with van der Waals surface area (Å²) in [5.41, 5.74) is 1.53. The fraction of sp³-hybridized carbons (Fsp3) is 0.200. The molecule has 7 nitrogen and oxygen atoms in total. The number of nitrogens with one attached hydrogen (secondary N) is 3. The van der Waals surface area contributed by atoms with E-state index in [2.05, 4.69) is 26.1 Å². The lowest BCUT2D eigenvalue weighted by atomic mass is 9.98. The van der Waals surface area contributed by atoms with Gasteiger partial charge in [-0.15, -0.1) is 10.2 Å². The summed E-state index contributed by atoms with van der Waals surface area (Å²) in [6.45, 7) is 3.89. The Morgan fingerprint density at radius 3 is 2.47 bits per heavy atom. The Morgan fingerprint density at radius 1 is 0.971 bits per heavy atom. The van der Waals surface area contributed by atoms with Crippen LogP contribution in [0.3, 0.4) is 0 Å². The molecule has 0 aliphatic carbocycles. The molecule has 1 heterocycles. The maximum Gasteiger partial charge on any atom is 0.319 e. The Balaban J connectivity index is 1.45. The number of rotatable bonds is 7. The molecule has 0 saturated heterocycles. The minimum atomic E-state index is -0.747. The number of amides is 3. The highest BCUT2D eigenvalue weighted by Crippen LogP contribution is 2.28. The number of anilines is 2. The van der Waals surface area contributed by atoms with Crippen molar-refractivity contribution >= 4 is 56.5 Å². The van der Waals surface area contributed by atoms with E-state index in [0.717, 1.165) is 16.3 Å². The van der Waals surface area contributed by atoms with E-state index >= 15 is 0 Å². The molecule has 0 radical (unpaired) electrons. The van der Waals surface area contributed by atoms with Crippen LogP contribution in [0, 0.1) is 5.92 Å². The summed E-state index contributed by atoms with van der Waals surface area (Å²) in [6, 6.07) is 19.5. The predicted octanol–water partition coefficient (Wildman–Crippen LogP) is 6.19. The molecule has 1 aromatic heterocycles. The van der Waals surface area contributed by atoms with Gasteiger partial charge in [-0.05, 0) is 29.5 Å². The quantitative estimate of drug-likeness (QED) is 0.286. The van der Waals surface area contributed by atoms with Crippen molar-refractivity contribution in [1.29, 1.82) is 0 Å². The summed E-state index contributed by atoms with van der Waals surface area (Å²) in [5, 5.41) is 20.3. The summed E-state index contributed by atoms with van der Waals surface area (Å²) in [6.07, 6.45) is 0.707. The Labute approximate surface area is 206 Å². The van der Waals surface area contributed by atoms with Crippen LogP contribution < -0.4 is 16.0 Å². The second kappa shape index (κ2) is 10.6. The molecule has 0 aliphatic heterocycles. The highest BCUT2D eigenvalue weighted by Gasteiger charge is 2.27. The molecule has 0 saturated carbocycles. The van der Waals surface area contributed by atoms with Gasteiger partial charge in [0, 0.05) is 16.0 Å². The summed E-state index contributed by atoms with van der Waals surface area (Å²) < 4.78 is 0. The zero-order valence-corrected chi connectivity index (χ0v) is 20.3. The topological polar surface area (TPSA) is 96.0 Å². The lowest BCUT2D eigenvalue weighted by molar-refractivity contribution is -0.119. The molecule has 3 N–H and O–H groups in total. The maximum absolute atomic E-state index is 13.1. The molecule has 4 rings (SSSR count). The lowest BCUT2D eigenvalue weighted by Gasteiger charge is -2.23. The van der Waals surface area contributed by atoms with Crippen LogP contribution >= 0.6 is 22.9 Å². The first-order chi connectivity index (χ1) is 16.4.